The SMILES string of the molecule is Cc1nc(-c2cccnc2)sc1-c1ccc2c(C)[nH]nc2n1. The molecule has 0 aliphatic rings. The molecule has 22 heavy (non-hydrogen) atoms. The molecule has 4 aromatic rings. The fourth-order valence-electron chi connectivity index (χ4n) is 2.40. The molecule has 4 aromatic heterocycles. The van der Waals surface area contributed by atoms with Crippen LogP contribution in [0.15, 0.2) is 36.7 Å². The summed E-state index contributed by atoms with van der Waals surface area (Å²) in [6.07, 6.45) is 3.59. The third-order valence-corrected chi connectivity index (χ3v) is 4.78. The first-order valence-electron chi connectivity index (χ1n) is 6.92. The van der Waals surface area contributed by atoms with E-state index in [0.717, 1.165) is 43.6 Å². The van der Waals surface area contributed by atoms with E-state index in [1.54, 1.807) is 17.5 Å². The second-order valence-corrected chi connectivity index (χ2v) is 6.09. The lowest BCUT2D eigenvalue weighted by Crippen LogP contribution is -1.84. The number of pyridine rings is 2. The lowest BCUT2D eigenvalue weighted by atomic mass is 10.2. The van der Waals surface area contributed by atoms with Gasteiger partial charge in [0, 0.05) is 29.0 Å². The molecule has 6 heteroatoms. The molecule has 4 heterocycles. The van der Waals surface area contributed by atoms with Crippen LogP contribution in [-0.2, 0) is 0 Å². The second-order valence-electron chi connectivity index (χ2n) is 5.09. The molecular weight excluding hydrogens is 294 g/mol. The van der Waals surface area contributed by atoms with Crippen molar-refractivity contribution in [2.24, 2.45) is 0 Å². The minimum atomic E-state index is 0.741. The van der Waals surface area contributed by atoms with Gasteiger partial charge < -0.3 is 0 Å². The molecule has 0 saturated heterocycles. The first kappa shape index (κ1) is 13.1. The maximum Gasteiger partial charge on any atom is 0.181 e. The molecule has 0 fully saturated rings. The molecule has 108 valence electrons. The molecule has 0 atom stereocenters. The van der Waals surface area contributed by atoms with Gasteiger partial charge in [0.1, 0.15) is 5.01 Å². The van der Waals surface area contributed by atoms with Crippen molar-refractivity contribution in [2.45, 2.75) is 13.8 Å². The third-order valence-electron chi connectivity index (χ3n) is 3.55. The van der Waals surface area contributed by atoms with E-state index < -0.39 is 0 Å². The van der Waals surface area contributed by atoms with Gasteiger partial charge in [-0.3, -0.25) is 10.1 Å². The molecular formula is C16H13N5S. The number of rotatable bonds is 2. The molecule has 0 saturated carbocycles. The van der Waals surface area contributed by atoms with Crippen molar-refractivity contribution in [1.82, 2.24) is 25.1 Å². The summed E-state index contributed by atoms with van der Waals surface area (Å²) in [4.78, 5) is 14.5. The van der Waals surface area contributed by atoms with Crippen molar-refractivity contribution < 1.29 is 0 Å². The Morgan fingerprint density at radius 2 is 2.00 bits per heavy atom. The number of aryl methyl sites for hydroxylation is 2. The molecule has 0 radical (unpaired) electrons. The van der Waals surface area contributed by atoms with Gasteiger partial charge in [0.2, 0.25) is 0 Å². The Balaban J connectivity index is 1.83. The molecule has 0 aromatic carbocycles. The van der Waals surface area contributed by atoms with Crippen LogP contribution in [0.3, 0.4) is 0 Å². The Morgan fingerprint density at radius 3 is 2.82 bits per heavy atom. The topological polar surface area (TPSA) is 67.3 Å². The van der Waals surface area contributed by atoms with Crippen LogP contribution in [0.5, 0.6) is 0 Å². The molecule has 0 amide bonds. The predicted octanol–water partition coefficient (Wildman–Crippen LogP) is 3.76. The van der Waals surface area contributed by atoms with Crippen molar-refractivity contribution in [2.75, 3.05) is 0 Å². The van der Waals surface area contributed by atoms with Gasteiger partial charge in [-0.25, -0.2) is 9.97 Å². The van der Waals surface area contributed by atoms with E-state index in [1.165, 1.54) is 0 Å². The first-order chi connectivity index (χ1) is 10.7. The van der Waals surface area contributed by atoms with E-state index in [4.69, 9.17) is 0 Å². The maximum atomic E-state index is 4.65. The highest BCUT2D eigenvalue weighted by atomic mass is 32.1. The lowest BCUT2D eigenvalue weighted by molar-refractivity contribution is 1.06. The molecule has 0 spiro atoms. The Labute approximate surface area is 131 Å². The molecule has 0 bridgehead atoms. The number of aromatic amines is 1. The summed E-state index contributed by atoms with van der Waals surface area (Å²) in [6, 6.07) is 8.02. The number of nitrogens with zero attached hydrogens (tertiary/aromatic N) is 4. The summed E-state index contributed by atoms with van der Waals surface area (Å²) in [6.45, 7) is 4.00. The van der Waals surface area contributed by atoms with Crippen LogP contribution in [0.2, 0.25) is 0 Å². The fourth-order valence-corrected chi connectivity index (χ4v) is 3.42. The Hall–Kier alpha value is -2.60. The number of fused-ring (bicyclic) bond motifs is 1. The van der Waals surface area contributed by atoms with Gasteiger partial charge in [-0.05, 0) is 38.1 Å². The van der Waals surface area contributed by atoms with Crippen LogP contribution >= 0.6 is 11.3 Å². The zero-order valence-electron chi connectivity index (χ0n) is 12.2. The minimum absolute atomic E-state index is 0.741. The Bertz CT molecular complexity index is 955. The maximum absolute atomic E-state index is 4.65. The minimum Gasteiger partial charge on any atom is -0.280 e. The van der Waals surface area contributed by atoms with Crippen molar-refractivity contribution in [3.05, 3.63) is 48.0 Å². The average Bonchev–Trinajstić information content (AvgIpc) is 3.11. The number of thiazole rings is 1. The molecule has 4 rings (SSSR count). The van der Waals surface area contributed by atoms with Gasteiger partial charge in [-0.15, -0.1) is 11.3 Å². The number of H-pyrrole nitrogens is 1. The fraction of sp³-hybridized carbons (Fsp3) is 0.125. The van der Waals surface area contributed by atoms with Crippen molar-refractivity contribution in [3.8, 4) is 21.1 Å². The summed E-state index contributed by atoms with van der Waals surface area (Å²) < 4.78 is 0. The van der Waals surface area contributed by atoms with E-state index >= 15 is 0 Å². The van der Waals surface area contributed by atoms with Crippen LogP contribution in [0.25, 0.3) is 32.2 Å². The summed E-state index contributed by atoms with van der Waals surface area (Å²) in [5.41, 5.74) is 4.68. The zero-order chi connectivity index (χ0) is 15.1. The first-order valence-corrected chi connectivity index (χ1v) is 7.74. The quantitative estimate of drug-likeness (QED) is 0.612. The van der Waals surface area contributed by atoms with Gasteiger partial charge in [0.15, 0.2) is 5.65 Å². The largest absolute Gasteiger partial charge is 0.280 e. The van der Waals surface area contributed by atoms with E-state index in [9.17, 15) is 0 Å². The van der Waals surface area contributed by atoms with Gasteiger partial charge >= 0.3 is 0 Å². The number of hydrogen-bond acceptors (Lipinski definition) is 5. The lowest BCUT2D eigenvalue weighted by Gasteiger charge is -1.97. The highest BCUT2D eigenvalue weighted by Gasteiger charge is 2.14. The van der Waals surface area contributed by atoms with Gasteiger partial charge in [0.05, 0.1) is 16.3 Å². The van der Waals surface area contributed by atoms with E-state index in [2.05, 4.69) is 31.2 Å². The summed E-state index contributed by atoms with van der Waals surface area (Å²) in [5, 5.41) is 9.22. The second kappa shape index (κ2) is 4.99. The molecule has 0 aliphatic carbocycles. The number of aromatic nitrogens is 5. The number of nitrogens with one attached hydrogen (secondary N) is 1. The van der Waals surface area contributed by atoms with Crippen molar-refractivity contribution in [1.29, 1.82) is 0 Å². The highest BCUT2D eigenvalue weighted by molar-refractivity contribution is 7.18. The summed E-state index contributed by atoms with van der Waals surface area (Å²) in [7, 11) is 0. The van der Waals surface area contributed by atoms with Gasteiger partial charge in [0.25, 0.3) is 0 Å². The van der Waals surface area contributed by atoms with Crippen molar-refractivity contribution >= 4 is 22.4 Å². The smallest absolute Gasteiger partial charge is 0.181 e. The number of hydrogen-bond donors (Lipinski definition) is 1. The molecule has 0 aliphatic heterocycles. The van der Waals surface area contributed by atoms with Crippen LogP contribution < -0.4 is 0 Å². The summed E-state index contributed by atoms with van der Waals surface area (Å²) >= 11 is 1.63. The van der Waals surface area contributed by atoms with Gasteiger partial charge in [-0.1, -0.05) is 0 Å². The van der Waals surface area contributed by atoms with Crippen LogP contribution in [0.4, 0.5) is 0 Å². The van der Waals surface area contributed by atoms with Crippen molar-refractivity contribution in [3.63, 3.8) is 0 Å². The standard InChI is InChI=1S/C16H13N5S/c1-9-12-5-6-13(19-15(12)21-20-9)14-10(2)18-16(22-14)11-4-3-7-17-8-11/h3-8H,1-2H3,(H,19,20,21). The molecule has 1 N–H and O–H groups in total. The Morgan fingerprint density at radius 1 is 1.09 bits per heavy atom. The predicted molar refractivity (Wildman–Crippen MR) is 87.7 cm³/mol. The molecule has 0 unspecified atom stereocenters. The highest BCUT2D eigenvalue weighted by Crippen LogP contribution is 2.34. The van der Waals surface area contributed by atoms with Crippen LogP contribution in [0, 0.1) is 13.8 Å². The van der Waals surface area contributed by atoms with E-state index in [0.29, 0.717) is 0 Å². The van der Waals surface area contributed by atoms with E-state index in [-0.39, 0.29) is 0 Å². The van der Waals surface area contributed by atoms with E-state index in [1.807, 2.05) is 38.2 Å². The normalized spacial score (nSPS) is 11.2. The summed E-state index contributed by atoms with van der Waals surface area (Å²) in [5.74, 6) is 0. The van der Waals surface area contributed by atoms with Gasteiger partial charge in [-0.2, -0.15) is 5.10 Å². The van der Waals surface area contributed by atoms with Crippen LogP contribution in [-0.4, -0.2) is 25.1 Å². The Kier molecular flexibility index (Phi) is 2.97. The molecule has 5 nitrogen and oxygen atoms in total. The van der Waals surface area contributed by atoms with Crippen LogP contribution in [0.1, 0.15) is 11.4 Å². The zero-order valence-corrected chi connectivity index (χ0v) is 13.0. The average molecular weight is 307 g/mol. The third kappa shape index (κ3) is 2.08. The monoisotopic (exact) mass is 307 g/mol.